The number of hydrogen-bond donors (Lipinski definition) is 0. The number of aryl methyl sites for hydroxylation is 1. The highest BCUT2D eigenvalue weighted by Gasteiger charge is 2.14. The smallest absolute Gasteiger partial charge is 0.305 e. The largest absolute Gasteiger partial charge is 0.466 e. The van der Waals surface area contributed by atoms with Crippen LogP contribution in [0, 0.1) is 0 Å². The van der Waals surface area contributed by atoms with E-state index in [1.54, 1.807) is 0 Å². The summed E-state index contributed by atoms with van der Waals surface area (Å²) in [7, 11) is 0. The Morgan fingerprint density at radius 1 is 1.03 bits per heavy atom. The lowest BCUT2D eigenvalue weighted by Crippen LogP contribution is -2.10. The van der Waals surface area contributed by atoms with Gasteiger partial charge in [0.05, 0.1) is 29.7 Å². The van der Waals surface area contributed by atoms with Crippen molar-refractivity contribution in [3.05, 3.63) is 59.0 Å². The van der Waals surface area contributed by atoms with Crippen molar-refractivity contribution in [2.75, 3.05) is 6.61 Å². The van der Waals surface area contributed by atoms with Gasteiger partial charge in [-0.2, -0.15) is 5.10 Å². The van der Waals surface area contributed by atoms with Gasteiger partial charge in [-0.1, -0.05) is 36.8 Å². The number of aromatic nitrogens is 4. The molecule has 0 fully saturated rings. The van der Waals surface area contributed by atoms with Crippen LogP contribution in [0.1, 0.15) is 38.4 Å². The summed E-state index contributed by atoms with van der Waals surface area (Å²) < 4.78 is 10.1. The number of carbonyl (C=O) groups excluding carboxylic acids is 1. The first kappa shape index (κ1) is 20.6. The average Bonchev–Trinajstić information content (AvgIpc) is 3.26. The molecule has 0 aliphatic heterocycles. The van der Waals surface area contributed by atoms with Crippen molar-refractivity contribution in [3.63, 3.8) is 0 Å². The number of halogens is 1. The summed E-state index contributed by atoms with van der Waals surface area (Å²) in [6.07, 6.45) is 3.29. The van der Waals surface area contributed by atoms with Gasteiger partial charge in [0.15, 0.2) is 0 Å². The van der Waals surface area contributed by atoms with E-state index >= 15 is 0 Å². The fraction of sp³-hybridized carbons (Fsp3) is 0.348. The summed E-state index contributed by atoms with van der Waals surface area (Å²) in [5.41, 5.74) is 3.21. The summed E-state index contributed by atoms with van der Waals surface area (Å²) in [4.78, 5) is 16.4. The van der Waals surface area contributed by atoms with Crippen LogP contribution in [0.4, 0.5) is 0 Å². The molecule has 156 valence electrons. The molecule has 2 aromatic carbocycles. The van der Waals surface area contributed by atoms with Crippen LogP contribution in [0.2, 0.25) is 0 Å². The lowest BCUT2D eigenvalue weighted by Gasteiger charge is -2.10. The molecule has 0 bridgehead atoms. The highest BCUT2D eigenvalue weighted by molar-refractivity contribution is 9.10. The van der Waals surface area contributed by atoms with Crippen LogP contribution in [0.5, 0.6) is 0 Å². The second-order valence-corrected chi connectivity index (χ2v) is 8.00. The number of esters is 1. The Bertz CT molecular complexity index is 1160. The summed E-state index contributed by atoms with van der Waals surface area (Å²) in [5.74, 6) is 0.879. The number of ether oxygens (including phenoxy) is 1. The predicted octanol–water partition coefficient (Wildman–Crippen LogP) is 5.32. The van der Waals surface area contributed by atoms with Crippen LogP contribution in [0.15, 0.2) is 53.1 Å². The number of imidazole rings is 1. The third kappa shape index (κ3) is 4.41. The van der Waals surface area contributed by atoms with Gasteiger partial charge in [-0.05, 0) is 53.9 Å². The quantitative estimate of drug-likeness (QED) is 0.246. The van der Waals surface area contributed by atoms with Crippen LogP contribution in [0.3, 0.4) is 0 Å². The van der Waals surface area contributed by atoms with Gasteiger partial charge >= 0.3 is 5.97 Å². The summed E-state index contributed by atoms with van der Waals surface area (Å²) in [6.45, 7) is 3.75. The highest BCUT2D eigenvalue weighted by atomic mass is 79.9. The first-order chi connectivity index (χ1) is 14.7. The van der Waals surface area contributed by atoms with Crippen molar-refractivity contribution < 1.29 is 9.53 Å². The van der Waals surface area contributed by atoms with Gasteiger partial charge in [0.1, 0.15) is 10.4 Å². The standard InChI is InChI=1S/C23H25BrN4O2/c1-2-30-22(29)14-4-3-9-15-27-20-13-8-6-11-18(20)25-21(27)16-28-19-12-7-5-10-17(19)23(24)26-28/h5-8,10-13H,2-4,9,14-16H2,1H3. The first-order valence-electron chi connectivity index (χ1n) is 10.4. The number of nitrogens with zero attached hydrogens (tertiary/aromatic N) is 4. The minimum Gasteiger partial charge on any atom is -0.466 e. The van der Waals surface area contributed by atoms with Crippen LogP contribution in [-0.4, -0.2) is 31.9 Å². The molecule has 0 aliphatic carbocycles. The molecule has 0 saturated heterocycles. The number of benzene rings is 2. The van der Waals surface area contributed by atoms with Gasteiger partial charge in [0.25, 0.3) is 0 Å². The molecule has 4 rings (SSSR count). The number of carbonyl (C=O) groups is 1. The Labute approximate surface area is 184 Å². The van der Waals surface area contributed by atoms with E-state index in [9.17, 15) is 4.79 Å². The Kier molecular flexibility index (Phi) is 6.47. The SMILES string of the molecule is CCOC(=O)CCCCCn1c(Cn2nc(Br)c3ccccc32)nc2ccccc21. The minimum absolute atomic E-state index is 0.109. The van der Waals surface area contributed by atoms with E-state index < -0.39 is 0 Å². The van der Waals surface area contributed by atoms with Crippen molar-refractivity contribution in [2.45, 2.75) is 45.7 Å². The van der Waals surface area contributed by atoms with E-state index in [4.69, 9.17) is 9.72 Å². The Hall–Kier alpha value is -2.67. The second kappa shape index (κ2) is 9.43. The van der Waals surface area contributed by atoms with Crippen molar-refractivity contribution in [3.8, 4) is 0 Å². The van der Waals surface area contributed by atoms with Gasteiger partial charge in [0.2, 0.25) is 0 Å². The molecule has 4 aromatic rings. The summed E-state index contributed by atoms with van der Waals surface area (Å²) >= 11 is 3.57. The van der Waals surface area contributed by atoms with Gasteiger partial charge in [0, 0.05) is 18.4 Å². The van der Waals surface area contributed by atoms with Crippen LogP contribution in [-0.2, 0) is 22.6 Å². The molecule has 0 N–H and O–H groups in total. The maximum Gasteiger partial charge on any atom is 0.305 e. The van der Waals surface area contributed by atoms with E-state index in [2.05, 4.69) is 43.8 Å². The molecule has 6 nitrogen and oxygen atoms in total. The van der Waals surface area contributed by atoms with Gasteiger partial charge < -0.3 is 9.30 Å². The monoisotopic (exact) mass is 468 g/mol. The molecule has 0 spiro atoms. The zero-order valence-electron chi connectivity index (χ0n) is 17.1. The highest BCUT2D eigenvalue weighted by Crippen LogP contribution is 2.25. The van der Waals surface area contributed by atoms with Crippen molar-refractivity contribution >= 4 is 43.8 Å². The Morgan fingerprint density at radius 2 is 1.80 bits per heavy atom. The molecular weight excluding hydrogens is 444 g/mol. The molecule has 2 aromatic heterocycles. The topological polar surface area (TPSA) is 61.9 Å². The third-order valence-corrected chi connectivity index (χ3v) is 5.79. The van der Waals surface area contributed by atoms with Crippen molar-refractivity contribution in [1.82, 2.24) is 19.3 Å². The minimum atomic E-state index is -0.109. The average molecular weight is 469 g/mol. The molecule has 0 radical (unpaired) electrons. The normalized spacial score (nSPS) is 11.4. The first-order valence-corrected chi connectivity index (χ1v) is 11.2. The predicted molar refractivity (Wildman–Crippen MR) is 121 cm³/mol. The summed E-state index contributed by atoms with van der Waals surface area (Å²) in [5, 5.41) is 5.77. The zero-order valence-corrected chi connectivity index (χ0v) is 18.6. The zero-order chi connectivity index (χ0) is 20.9. The van der Waals surface area contributed by atoms with E-state index in [1.807, 2.05) is 41.9 Å². The molecule has 0 amide bonds. The third-order valence-electron chi connectivity index (χ3n) is 5.21. The fourth-order valence-corrected chi connectivity index (χ4v) is 4.31. The summed E-state index contributed by atoms with van der Waals surface area (Å²) in [6, 6.07) is 16.4. The lowest BCUT2D eigenvalue weighted by molar-refractivity contribution is -0.143. The molecular formula is C23H25BrN4O2. The van der Waals surface area contributed by atoms with E-state index in [0.29, 0.717) is 19.6 Å². The molecule has 2 heterocycles. The second-order valence-electron chi connectivity index (χ2n) is 7.25. The van der Waals surface area contributed by atoms with E-state index in [-0.39, 0.29) is 5.97 Å². The van der Waals surface area contributed by atoms with Gasteiger partial charge in [-0.15, -0.1) is 0 Å². The van der Waals surface area contributed by atoms with Gasteiger partial charge in [-0.25, -0.2) is 4.98 Å². The maximum atomic E-state index is 11.5. The molecule has 0 atom stereocenters. The Morgan fingerprint density at radius 3 is 2.63 bits per heavy atom. The molecule has 0 unspecified atom stereocenters. The van der Waals surface area contributed by atoms with Crippen LogP contribution in [0.25, 0.3) is 21.9 Å². The van der Waals surface area contributed by atoms with E-state index in [1.165, 1.54) is 0 Å². The number of fused-ring (bicyclic) bond motifs is 2. The number of unbranched alkanes of at least 4 members (excludes halogenated alkanes) is 2. The number of para-hydroxylation sites is 3. The molecule has 7 heteroatoms. The van der Waals surface area contributed by atoms with Crippen LogP contribution >= 0.6 is 15.9 Å². The lowest BCUT2D eigenvalue weighted by atomic mass is 10.2. The molecule has 30 heavy (non-hydrogen) atoms. The van der Waals surface area contributed by atoms with E-state index in [0.717, 1.165) is 58.2 Å². The molecule has 0 aliphatic rings. The van der Waals surface area contributed by atoms with Crippen molar-refractivity contribution in [2.24, 2.45) is 0 Å². The maximum absolute atomic E-state index is 11.5. The van der Waals surface area contributed by atoms with Gasteiger partial charge in [-0.3, -0.25) is 9.48 Å². The number of hydrogen-bond acceptors (Lipinski definition) is 4. The van der Waals surface area contributed by atoms with Crippen LogP contribution < -0.4 is 0 Å². The fourth-order valence-electron chi connectivity index (χ4n) is 3.79. The molecule has 0 saturated carbocycles. The number of rotatable bonds is 9. The Balaban J connectivity index is 1.52. The van der Waals surface area contributed by atoms with Crippen molar-refractivity contribution in [1.29, 1.82) is 0 Å².